The predicted octanol–water partition coefficient (Wildman–Crippen LogP) is 3.82. The van der Waals surface area contributed by atoms with Gasteiger partial charge in [0.25, 0.3) is 11.5 Å². The SMILES string of the molecule is Cc1nc2ccccc2c(=O)n1-c1ccc(C(=O)Nc2ccc(C#N)cc2)cc1. The highest BCUT2D eigenvalue weighted by Crippen LogP contribution is 2.15. The highest BCUT2D eigenvalue weighted by molar-refractivity contribution is 6.04. The molecule has 0 aliphatic carbocycles. The van der Waals surface area contributed by atoms with E-state index < -0.39 is 0 Å². The van der Waals surface area contributed by atoms with E-state index in [0.29, 0.717) is 39.2 Å². The molecule has 6 nitrogen and oxygen atoms in total. The lowest BCUT2D eigenvalue weighted by atomic mass is 10.1. The number of hydrogen-bond acceptors (Lipinski definition) is 4. The van der Waals surface area contributed by atoms with Gasteiger partial charge in [0.15, 0.2) is 0 Å². The van der Waals surface area contributed by atoms with Gasteiger partial charge in [-0.1, -0.05) is 12.1 Å². The van der Waals surface area contributed by atoms with Crippen LogP contribution in [0.4, 0.5) is 5.69 Å². The first-order valence-corrected chi connectivity index (χ1v) is 8.97. The fraction of sp³-hybridized carbons (Fsp3) is 0.0435. The number of fused-ring (bicyclic) bond motifs is 1. The standard InChI is InChI=1S/C23H16N4O2/c1-15-25-21-5-3-2-4-20(21)23(29)27(15)19-12-8-17(9-13-19)22(28)26-18-10-6-16(14-24)7-11-18/h2-13H,1H3,(H,26,28). The molecule has 0 radical (unpaired) electrons. The van der Waals surface area contributed by atoms with Crippen LogP contribution in [-0.4, -0.2) is 15.5 Å². The van der Waals surface area contributed by atoms with Crippen molar-refractivity contribution in [2.45, 2.75) is 6.92 Å². The lowest BCUT2D eigenvalue weighted by Crippen LogP contribution is -2.22. The van der Waals surface area contributed by atoms with Crippen molar-refractivity contribution >= 4 is 22.5 Å². The normalized spacial score (nSPS) is 10.5. The molecule has 4 aromatic rings. The van der Waals surface area contributed by atoms with Gasteiger partial charge in [0, 0.05) is 11.3 Å². The fourth-order valence-corrected chi connectivity index (χ4v) is 3.14. The van der Waals surface area contributed by atoms with E-state index in [-0.39, 0.29) is 11.5 Å². The maximum atomic E-state index is 12.9. The predicted molar refractivity (Wildman–Crippen MR) is 111 cm³/mol. The van der Waals surface area contributed by atoms with E-state index in [9.17, 15) is 9.59 Å². The Morgan fingerprint density at radius 1 is 1.00 bits per heavy atom. The van der Waals surface area contributed by atoms with E-state index in [0.717, 1.165) is 0 Å². The molecule has 0 saturated heterocycles. The minimum Gasteiger partial charge on any atom is -0.322 e. The third-order valence-electron chi connectivity index (χ3n) is 4.60. The van der Waals surface area contributed by atoms with Crippen molar-refractivity contribution in [3.8, 4) is 11.8 Å². The quantitative estimate of drug-likeness (QED) is 0.585. The Morgan fingerprint density at radius 2 is 1.69 bits per heavy atom. The summed E-state index contributed by atoms with van der Waals surface area (Å²) in [6.07, 6.45) is 0. The van der Waals surface area contributed by atoms with Gasteiger partial charge in [0.1, 0.15) is 5.82 Å². The first-order chi connectivity index (χ1) is 14.1. The zero-order chi connectivity index (χ0) is 20.4. The van der Waals surface area contributed by atoms with E-state index >= 15 is 0 Å². The number of carbonyl (C=O) groups is 1. The molecule has 0 aliphatic heterocycles. The molecule has 0 bridgehead atoms. The molecule has 140 valence electrons. The lowest BCUT2D eigenvalue weighted by Gasteiger charge is -2.11. The smallest absolute Gasteiger partial charge is 0.265 e. The number of nitrogens with one attached hydrogen (secondary N) is 1. The molecule has 0 saturated carbocycles. The molecule has 0 spiro atoms. The van der Waals surface area contributed by atoms with Gasteiger partial charge in [-0.3, -0.25) is 14.2 Å². The van der Waals surface area contributed by atoms with Crippen molar-refractivity contribution in [1.29, 1.82) is 5.26 Å². The van der Waals surface area contributed by atoms with Crippen LogP contribution in [0.25, 0.3) is 16.6 Å². The van der Waals surface area contributed by atoms with Crippen LogP contribution in [0.2, 0.25) is 0 Å². The number of nitriles is 1. The van der Waals surface area contributed by atoms with Crippen LogP contribution in [0.3, 0.4) is 0 Å². The van der Waals surface area contributed by atoms with Crippen molar-refractivity contribution in [3.05, 3.63) is 100 Å². The summed E-state index contributed by atoms with van der Waals surface area (Å²) in [5.41, 5.74) is 2.73. The molecule has 0 unspecified atom stereocenters. The average Bonchev–Trinajstić information content (AvgIpc) is 2.75. The minimum atomic E-state index is -0.276. The molecule has 29 heavy (non-hydrogen) atoms. The Labute approximate surface area is 166 Å². The van der Waals surface area contributed by atoms with Crippen molar-refractivity contribution in [1.82, 2.24) is 9.55 Å². The van der Waals surface area contributed by atoms with Crippen molar-refractivity contribution in [3.63, 3.8) is 0 Å². The molecule has 1 aromatic heterocycles. The maximum absolute atomic E-state index is 12.9. The second kappa shape index (κ2) is 7.41. The number of nitrogens with zero attached hydrogens (tertiary/aromatic N) is 3. The van der Waals surface area contributed by atoms with E-state index in [4.69, 9.17) is 5.26 Å². The highest BCUT2D eigenvalue weighted by Gasteiger charge is 2.11. The van der Waals surface area contributed by atoms with Gasteiger partial charge in [0.2, 0.25) is 0 Å². The number of anilines is 1. The second-order valence-electron chi connectivity index (χ2n) is 6.51. The molecule has 6 heteroatoms. The van der Waals surface area contributed by atoms with Crippen molar-refractivity contribution in [2.24, 2.45) is 0 Å². The van der Waals surface area contributed by atoms with Crippen molar-refractivity contribution < 1.29 is 4.79 Å². The van der Waals surface area contributed by atoms with Crippen LogP contribution in [0, 0.1) is 18.3 Å². The van der Waals surface area contributed by atoms with Gasteiger partial charge in [-0.05, 0) is 67.6 Å². The molecule has 1 amide bonds. The third kappa shape index (κ3) is 3.49. The van der Waals surface area contributed by atoms with E-state index in [1.807, 2.05) is 24.3 Å². The number of rotatable bonds is 3. The summed E-state index contributed by atoms with van der Waals surface area (Å²) in [6.45, 7) is 1.78. The average molecular weight is 380 g/mol. The van der Waals surface area contributed by atoms with Gasteiger partial charge in [-0.15, -0.1) is 0 Å². The summed E-state index contributed by atoms with van der Waals surface area (Å²) in [6, 6.07) is 22.6. The fourth-order valence-electron chi connectivity index (χ4n) is 3.14. The summed E-state index contributed by atoms with van der Waals surface area (Å²) in [5.74, 6) is 0.297. The molecule has 0 aliphatic rings. The van der Waals surface area contributed by atoms with E-state index in [2.05, 4.69) is 10.3 Å². The monoisotopic (exact) mass is 380 g/mol. The van der Waals surface area contributed by atoms with Gasteiger partial charge >= 0.3 is 0 Å². The largest absolute Gasteiger partial charge is 0.322 e. The van der Waals surface area contributed by atoms with Crippen LogP contribution >= 0.6 is 0 Å². The maximum Gasteiger partial charge on any atom is 0.265 e. The Hall–Kier alpha value is -4.24. The number of amides is 1. The summed E-state index contributed by atoms with van der Waals surface area (Å²) in [4.78, 5) is 29.9. The molecule has 3 aromatic carbocycles. The molecular weight excluding hydrogens is 364 g/mol. The van der Waals surface area contributed by atoms with Crippen LogP contribution < -0.4 is 10.9 Å². The third-order valence-corrected chi connectivity index (χ3v) is 4.60. The molecule has 0 atom stereocenters. The second-order valence-corrected chi connectivity index (χ2v) is 6.51. The van der Waals surface area contributed by atoms with Crippen molar-refractivity contribution in [2.75, 3.05) is 5.32 Å². The number of benzene rings is 3. The van der Waals surface area contributed by atoms with E-state index in [1.165, 1.54) is 4.57 Å². The van der Waals surface area contributed by atoms with Crippen LogP contribution in [0.1, 0.15) is 21.7 Å². The molecular formula is C23H16N4O2. The van der Waals surface area contributed by atoms with Crippen LogP contribution in [-0.2, 0) is 0 Å². The Morgan fingerprint density at radius 3 is 2.38 bits per heavy atom. The molecule has 4 rings (SSSR count). The lowest BCUT2D eigenvalue weighted by molar-refractivity contribution is 0.102. The number of para-hydroxylation sites is 1. The van der Waals surface area contributed by atoms with Crippen LogP contribution in [0.5, 0.6) is 0 Å². The number of hydrogen-bond donors (Lipinski definition) is 1. The summed E-state index contributed by atoms with van der Waals surface area (Å²) < 4.78 is 1.53. The zero-order valence-corrected chi connectivity index (χ0v) is 15.6. The first kappa shape index (κ1) is 18.1. The number of aromatic nitrogens is 2. The van der Waals surface area contributed by atoms with Crippen LogP contribution in [0.15, 0.2) is 77.6 Å². The van der Waals surface area contributed by atoms with Gasteiger partial charge in [-0.25, -0.2) is 4.98 Å². The minimum absolute atomic E-state index is 0.150. The summed E-state index contributed by atoms with van der Waals surface area (Å²) in [7, 11) is 0. The highest BCUT2D eigenvalue weighted by atomic mass is 16.1. The van der Waals surface area contributed by atoms with E-state index in [1.54, 1.807) is 61.5 Å². The number of carbonyl (C=O) groups excluding carboxylic acids is 1. The Balaban J connectivity index is 1.62. The Bertz CT molecular complexity index is 1310. The van der Waals surface area contributed by atoms with Gasteiger partial charge in [0.05, 0.1) is 28.2 Å². The topological polar surface area (TPSA) is 87.8 Å². The first-order valence-electron chi connectivity index (χ1n) is 8.97. The number of aryl methyl sites for hydroxylation is 1. The summed E-state index contributed by atoms with van der Waals surface area (Å²) >= 11 is 0. The molecule has 1 N–H and O–H groups in total. The summed E-state index contributed by atoms with van der Waals surface area (Å²) in [5, 5.41) is 12.2. The molecule has 0 fully saturated rings. The zero-order valence-electron chi connectivity index (χ0n) is 15.6. The van der Waals surface area contributed by atoms with Gasteiger partial charge < -0.3 is 5.32 Å². The Kier molecular flexibility index (Phi) is 4.63. The molecule has 1 heterocycles. The van der Waals surface area contributed by atoms with Gasteiger partial charge in [-0.2, -0.15) is 5.26 Å².